The Labute approximate surface area is 144 Å². The third kappa shape index (κ3) is 4.77. The molecule has 2 aromatic rings. The summed E-state index contributed by atoms with van der Waals surface area (Å²) in [5.41, 5.74) is 1.27. The first kappa shape index (κ1) is 18.4. The van der Waals surface area contributed by atoms with E-state index in [2.05, 4.69) is 4.72 Å². The van der Waals surface area contributed by atoms with E-state index in [1.807, 2.05) is 0 Å². The molecule has 0 amide bonds. The van der Waals surface area contributed by atoms with Crippen molar-refractivity contribution in [3.63, 3.8) is 0 Å². The van der Waals surface area contributed by atoms with Crippen molar-refractivity contribution in [3.8, 4) is 0 Å². The van der Waals surface area contributed by atoms with E-state index in [4.69, 9.17) is 5.11 Å². The number of nitrogens with one attached hydrogen (secondary N) is 1. The molecule has 25 heavy (non-hydrogen) atoms. The van der Waals surface area contributed by atoms with Crippen molar-refractivity contribution >= 4 is 27.4 Å². The molecule has 0 aliphatic heterocycles. The summed E-state index contributed by atoms with van der Waals surface area (Å²) in [4.78, 5) is 20.7. The Kier molecular flexibility index (Phi) is 5.38. The minimum Gasteiger partial charge on any atom is -0.481 e. The van der Waals surface area contributed by atoms with Crippen LogP contribution in [0.1, 0.15) is 17.5 Å². The third-order valence-electron chi connectivity index (χ3n) is 3.53. The molecule has 0 radical (unpaired) electrons. The van der Waals surface area contributed by atoms with Crippen LogP contribution in [-0.4, -0.2) is 24.4 Å². The van der Waals surface area contributed by atoms with Crippen molar-refractivity contribution < 1.29 is 23.2 Å². The van der Waals surface area contributed by atoms with Crippen LogP contribution >= 0.6 is 0 Å². The third-order valence-corrected chi connectivity index (χ3v) is 4.91. The molecule has 2 aromatic carbocycles. The highest BCUT2D eigenvalue weighted by molar-refractivity contribution is 7.92. The van der Waals surface area contributed by atoms with Crippen LogP contribution in [0.5, 0.6) is 0 Å². The second-order valence-electron chi connectivity index (χ2n) is 5.40. The Morgan fingerprint density at radius 3 is 2.36 bits per heavy atom. The summed E-state index contributed by atoms with van der Waals surface area (Å²) in [5.74, 6) is -0.924. The molecule has 0 aliphatic carbocycles. The van der Waals surface area contributed by atoms with Gasteiger partial charge in [-0.2, -0.15) is 0 Å². The van der Waals surface area contributed by atoms with Crippen molar-refractivity contribution in [2.24, 2.45) is 0 Å². The number of benzene rings is 2. The predicted octanol–water partition coefficient (Wildman–Crippen LogP) is 2.72. The van der Waals surface area contributed by atoms with Crippen LogP contribution in [0, 0.1) is 17.0 Å². The van der Waals surface area contributed by atoms with Crippen LogP contribution in [0.4, 0.5) is 11.4 Å². The number of hydrogen-bond acceptors (Lipinski definition) is 5. The molecule has 9 heteroatoms. The Hall–Kier alpha value is -2.94. The number of nitrogens with zero attached hydrogens (tertiary/aromatic N) is 1. The minimum absolute atomic E-state index is 0.0179. The van der Waals surface area contributed by atoms with E-state index < -0.39 is 20.9 Å². The van der Waals surface area contributed by atoms with E-state index in [1.165, 1.54) is 30.3 Å². The molecule has 0 aliphatic rings. The number of sulfonamides is 1. The maximum atomic E-state index is 12.4. The normalized spacial score (nSPS) is 11.1. The van der Waals surface area contributed by atoms with Crippen molar-refractivity contribution in [1.82, 2.24) is 0 Å². The van der Waals surface area contributed by atoms with Gasteiger partial charge in [0.1, 0.15) is 0 Å². The van der Waals surface area contributed by atoms with Gasteiger partial charge < -0.3 is 5.11 Å². The molecule has 0 atom stereocenters. The van der Waals surface area contributed by atoms with Crippen LogP contribution in [0.25, 0.3) is 0 Å². The first-order chi connectivity index (χ1) is 11.7. The molecule has 0 saturated heterocycles. The summed E-state index contributed by atoms with van der Waals surface area (Å²) in [6.07, 6.45) is 0.275. The fraction of sp³-hybridized carbons (Fsp3) is 0.188. The molecule has 0 saturated carbocycles. The standard InChI is InChI=1S/C16H16N2O6S/c1-11-10-13(18(21)22)5-8-15(11)17-25(23,24)14-6-2-12(3-7-14)4-9-16(19)20/h2-3,5-8,10,17H,4,9H2,1H3,(H,19,20). The number of carboxylic acid groups (broad SMARTS) is 1. The largest absolute Gasteiger partial charge is 0.481 e. The van der Waals surface area contributed by atoms with E-state index >= 15 is 0 Å². The lowest BCUT2D eigenvalue weighted by Crippen LogP contribution is -2.14. The molecule has 132 valence electrons. The lowest BCUT2D eigenvalue weighted by molar-refractivity contribution is -0.384. The quantitative estimate of drug-likeness (QED) is 0.574. The number of rotatable bonds is 7. The molecule has 8 nitrogen and oxygen atoms in total. The number of nitro benzene ring substituents is 1. The van der Waals surface area contributed by atoms with Crippen LogP contribution in [-0.2, 0) is 21.2 Å². The number of hydrogen-bond donors (Lipinski definition) is 2. The molecular formula is C16H16N2O6S. The number of anilines is 1. The molecule has 0 fully saturated rings. The zero-order chi connectivity index (χ0) is 18.6. The topological polar surface area (TPSA) is 127 Å². The SMILES string of the molecule is Cc1cc([N+](=O)[O-])ccc1NS(=O)(=O)c1ccc(CCC(=O)O)cc1. The van der Waals surface area contributed by atoms with Gasteiger partial charge in [0.15, 0.2) is 0 Å². The molecular weight excluding hydrogens is 348 g/mol. The van der Waals surface area contributed by atoms with Gasteiger partial charge in [0.05, 0.1) is 15.5 Å². The van der Waals surface area contributed by atoms with Gasteiger partial charge in [-0.3, -0.25) is 19.6 Å². The lowest BCUT2D eigenvalue weighted by Gasteiger charge is -2.11. The molecule has 0 heterocycles. The number of non-ortho nitro benzene ring substituents is 1. The fourth-order valence-corrected chi connectivity index (χ4v) is 3.30. The Morgan fingerprint density at radius 2 is 1.84 bits per heavy atom. The highest BCUT2D eigenvalue weighted by atomic mass is 32.2. The number of nitro groups is 1. The number of aliphatic carboxylic acids is 1. The Balaban J connectivity index is 2.19. The zero-order valence-electron chi connectivity index (χ0n) is 13.3. The summed E-state index contributed by atoms with van der Waals surface area (Å²) in [5, 5.41) is 19.4. The van der Waals surface area contributed by atoms with Gasteiger partial charge in [0.2, 0.25) is 0 Å². The first-order valence-electron chi connectivity index (χ1n) is 7.27. The van der Waals surface area contributed by atoms with Gasteiger partial charge in [0, 0.05) is 18.6 Å². The maximum Gasteiger partial charge on any atom is 0.303 e. The van der Waals surface area contributed by atoms with E-state index in [0.717, 1.165) is 0 Å². The lowest BCUT2D eigenvalue weighted by atomic mass is 10.1. The predicted molar refractivity (Wildman–Crippen MR) is 91.0 cm³/mol. The van der Waals surface area contributed by atoms with E-state index in [-0.39, 0.29) is 22.7 Å². The average molecular weight is 364 g/mol. The van der Waals surface area contributed by atoms with Crippen molar-refractivity contribution in [2.45, 2.75) is 24.7 Å². The van der Waals surface area contributed by atoms with Crippen molar-refractivity contribution in [1.29, 1.82) is 0 Å². The summed E-state index contributed by atoms with van der Waals surface area (Å²) < 4.78 is 27.2. The Bertz CT molecular complexity index is 907. The van der Waals surface area contributed by atoms with Gasteiger partial charge in [-0.1, -0.05) is 12.1 Å². The van der Waals surface area contributed by atoms with Crippen LogP contribution in [0.2, 0.25) is 0 Å². The summed E-state index contributed by atoms with van der Waals surface area (Å²) in [6.45, 7) is 1.57. The second-order valence-corrected chi connectivity index (χ2v) is 7.08. The molecule has 0 unspecified atom stereocenters. The second kappa shape index (κ2) is 7.31. The first-order valence-corrected chi connectivity index (χ1v) is 8.76. The summed E-state index contributed by atoms with van der Waals surface area (Å²) in [6, 6.07) is 9.74. The molecule has 2 N–H and O–H groups in total. The number of carbonyl (C=O) groups is 1. The monoisotopic (exact) mass is 364 g/mol. The summed E-state index contributed by atoms with van der Waals surface area (Å²) >= 11 is 0. The van der Waals surface area contributed by atoms with Crippen LogP contribution in [0.3, 0.4) is 0 Å². The number of carboxylic acids is 1. The maximum absolute atomic E-state index is 12.4. The molecule has 0 bridgehead atoms. The van der Waals surface area contributed by atoms with E-state index in [1.54, 1.807) is 19.1 Å². The van der Waals surface area contributed by atoms with Crippen LogP contribution in [0.15, 0.2) is 47.4 Å². The van der Waals surface area contributed by atoms with Crippen LogP contribution < -0.4 is 4.72 Å². The van der Waals surface area contributed by atoms with Gasteiger partial charge >= 0.3 is 5.97 Å². The highest BCUT2D eigenvalue weighted by Gasteiger charge is 2.17. The fourth-order valence-electron chi connectivity index (χ4n) is 2.17. The van der Waals surface area contributed by atoms with Crippen molar-refractivity contribution in [2.75, 3.05) is 4.72 Å². The molecule has 0 spiro atoms. The highest BCUT2D eigenvalue weighted by Crippen LogP contribution is 2.24. The molecule has 2 rings (SSSR count). The van der Waals surface area contributed by atoms with Gasteiger partial charge in [-0.05, 0) is 42.7 Å². The minimum atomic E-state index is -3.85. The van der Waals surface area contributed by atoms with Gasteiger partial charge in [-0.25, -0.2) is 8.42 Å². The summed E-state index contributed by atoms with van der Waals surface area (Å²) in [7, 11) is -3.85. The zero-order valence-corrected chi connectivity index (χ0v) is 14.1. The molecule has 0 aromatic heterocycles. The van der Waals surface area contributed by atoms with E-state index in [0.29, 0.717) is 17.5 Å². The average Bonchev–Trinajstić information content (AvgIpc) is 2.55. The van der Waals surface area contributed by atoms with E-state index in [9.17, 15) is 23.3 Å². The van der Waals surface area contributed by atoms with Gasteiger partial charge in [-0.15, -0.1) is 0 Å². The van der Waals surface area contributed by atoms with Gasteiger partial charge in [0.25, 0.3) is 15.7 Å². The Morgan fingerprint density at radius 1 is 1.20 bits per heavy atom. The van der Waals surface area contributed by atoms with Crippen molar-refractivity contribution in [3.05, 3.63) is 63.7 Å². The smallest absolute Gasteiger partial charge is 0.303 e. The number of aryl methyl sites for hydroxylation is 2.